The van der Waals surface area contributed by atoms with E-state index in [4.69, 9.17) is 22.1 Å². The highest BCUT2D eigenvalue weighted by molar-refractivity contribution is 7.80. The fourth-order valence-electron chi connectivity index (χ4n) is 1.41. The molecule has 1 rings (SSSR count). The number of ether oxygens (including phenoxy) is 1. The van der Waals surface area contributed by atoms with Crippen LogP contribution >= 0.6 is 12.2 Å². The first kappa shape index (κ1) is 11.2. The Labute approximate surface area is 87.8 Å². The fraction of sp³-hybridized carbons (Fsp3) is 0.750. The van der Waals surface area contributed by atoms with E-state index in [0.717, 1.165) is 12.8 Å². The molecule has 0 radical (unpaired) electrons. The summed E-state index contributed by atoms with van der Waals surface area (Å²) in [6.07, 6.45) is 0.443. The molecule has 14 heavy (non-hydrogen) atoms. The van der Waals surface area contributed by atoms with Gasteiger partial charge >= 0.3 is 6.09 Å². The number of likely N-dealkylation sites (N-methyl/N-ethyl adjacent to an activating group) is 1. The van der Waals surface area contributed by atoms with E-state index in [1.54, 1.807) is 7.05 Å². The van der Waals surface area contributed by atoms with Gasteiger partial charge in [-0.3, -0.25) is 0 Å². The van der Waals surface area contributed by atoms with Crippen LogP contribution in [0.5, 0.6) is 0 Å². The van der Waals surface area contributed by atoms with E-state index < -0.39 is 6.09 Å². The molecule has 2 atom stereocenters. The van der Waals surface area contributed by atoms with Gasteiger partial charge in [-0.1, -0.05) is 12.2 Å². The third-order valence-corrected chi connectivity index (χ3v) is 2.61. The van der Waals surface area contributed by atoms with E-state index in [9.17, 15) is 4.79 Å². The van der Waals surface area contributed by atoms with Crippen LogP contribution in [0.2, 0.25) is 0 Å². The smallest absolute Gasteiger partial charge is 0.404 e. The zero-order valence-corrected chi connectivity index (χ0v) is 8.76. The van der Waals surface area contributed by atoms with Gasteiger partial charge in [0, 0.05) is 7.05 Å². The van der Waals surface area contributed by atoms with E-state index in [0.29, 0.717) is 11.6 Å². The predicted molar refractivity (Wildman–Crippen MR) is 55.6 cm³/mol. The second-order valence-electron chi connectivity index (χ2n) is 3.16. The number of rotatable bonds is 2. The fourth-order valence-corrected chi connectivity index (χ4v) is 1.59. The Bertz CT molecular complexity index is 227. The summed E-state index contributed by atoms with van der Waals surface area (Å²) >= 11 is 5.03. The van der Waals surface area contributed by atoms with Crippen LogP contribution in [0.4, 0.5) is 4.79 Å². The molecule has 0 aromatic rings. The minimum absolute atomic E-state index is 0.0677. The Balaban J connectivity index is 2.31. The summed E-state index contributed by atoms with van der Waals surface area (Å²) < 4.78 is 5.41. The van der Waals surface area contributed by atoms with Crippen molar-refractivity contribution < 1.29 is 14.6 Å². The monoisotopic (exact) mass is 218 g/mol. The van der Waals surface area contributed by atoms with Gasteiger partial charge in [-0.05, 0) is 12.8 Å². The summed E-state index contributed by atoms with van der Waals surface area (Å²) in [5, 5.41) is 13.7. The second kappa shape index (κ2) is 5.11. The molecule has 1 aliphatic rings. The molecule has 0 spiro atoms. The molecule has 1 aliphatic heterocycles. The Morgan fingerprint density at radius 1 is 1.57 bits per heavy atom. The van der Waals surface area contributed by atoms with Crippen LogP contribution in [0.3, 0.4) is 0 Å². The molecule has 0 bridgehead atoms. The zero-order valence-electron chi connectivity index (χ0n) is 7.95. The maximum atomic E-state index is 10.3. The molecule has 1 amide bonds. The molecule has 0 aromatic carbocycles. The molecule has 1 fully saturated rings. The van der Waals surface area contributed by atoms with Crippen molar-refractivity contribution in [1.29, 1.82) is 0 Å². The van der Waals surface area contributed by atoms with Gasteiger partial charge in [0.1, 0.15) is 11.1 Å². The maximum Gasteiger partial charge on any atom is 0.404 e. The van der Waals surface area contributed by atoms with Crippen LogP contribution in [-0.4, -0.2) is 42.0 Å². The lowest BCUT2D eigenvalue weighted by molar-refractivity contribution is 0.0362. The number of nitrogens with one attached hydrogen (secondary N) is 2. The first-order valence-electron chi connectivity index (χ1n) is 4.46. The summed E-state index contributed by atoms with van der Waals surface area (Å²) in [6, 6.07) is -0.108. The molecule has 3 N–H and O–H groups in total. The van der Waals surface area contributed by atoms with Crippen molar-refractivity contribution in [3.8, 4) is 0 Å². The maximum absolute atomic E-state index is 10.3. The summed E-state index contributed by atoms with van der Waals surface area (Å²) in [4.78, 5) is 11.0. The van der Waals surface area contributed by atoms with Gasteiger partial charge in [-0.15, -0.1) is 0 Å². The van der Waals surface area contributed by atoms with E-state index in [2.05, 4.69) is 10.6 Å². The Morgan fingerprint density at radius 2 is 2.29 bits per heavy atom. The Hall–Kier alpha value is -0.880. The van der Waals surface area contributed by atoms with Gasteiger partial charge in [0.15, 0.2) is 0 Å². The zero-order chi connectivity index (χ0) is 10.6. The lowest BCUT2D eigenvalue weighted by Crippen LogP contribution is -2.45. The topological polar surface area (TPSA) is 70.6 Å². The summed E-state index contributed by atoms with van der Waals surface area (Å²) in [5.41, 5.74) is 0. The van der Waals surface area contributed by atoms with Gasteiger partial charge in [0.2, 0.25) is 0 Å². The molecule has 5 nitrogen and oxygen atoms in total. The first-order chi connectivity index (χ1) is 6.63. The first-order valence-corrected chi connectivity index (χ1v) is 4.87. The summed E-state index contributed by atoms with van der Waals surface area (Å²) in [5.74, 6) is 0. The van der Waals surface area contributed by atoms with Crippen LogP contribution in [-0.2, 0) is 4.74 Å². The second-order valence-corrected chi connectivity index (χ2v) is 3.60. The van der Waals surface area contributed by atoms with Crippen LogP contribution in [0.15, 0.2) is 0 Å². The van der Waals surface area contributed by atoms with E-state index in [-0.39, 0.29) is 12.1 Å². The Kier molecular flexibility index (Phi) is 4.09. The normalized spacial score (nSPS) is 26.6. The van der Waals surface area contributed by atoms with Crippen molar-refractivity contribution in [1.82, 2.24) is 10.6 Å². The predicted octanol–water partition coefficient (Wildman–Crippen LogP) is 0.348. The molecule has 1 saturated heterocycles. The van der Waals surface area contributed by atoms with Gasteiger partial charge in [0.25, 0.3) is 0 Å². The van der Waals surface area contributed by atoms with E-state index in [1.165, 1.54) is 0 Å². The number of hydrogen-bond donors (Lipinski definition) is 3. The lowest BCUT2D eigenvalue weighted by atomic mass is 10.1. The molecular formula is C8H14N2O3S. The summed E-state index contributed by atoms with van der Waals surface area (Å²) in [7, 11) is 1.76. The highest BCUT2D eigenvalue weighted by atomic mass is 32.1. The molecule has 80 valence electrons. The van der Waals surface area contributed by atoms with Crippen LogP contribution in [0.1, 0.15) is 12.8 Å². The molecule has 0 unspecified atom stereocenters. The average molecular weight is 218 g/mol. The molecule has 0 saturated carbocycles. The standard InChI is InChI=1S/C8H14N2O3S/c1-9-7(14)6-3-2-5(4-13-6)10-8(11)12/h5-6,10H,2-4H2,1H3,(H,9,14)(H,11,12)/t5-,6+/m1/s1. The highest BCUT2D eigenvalue weighted by Crippen LogP contribution is 2.14. The number of carboxylic acid groups (broad SMARTS) is 1. The number of hydrogen-bond acceptors (Lipinski definition) is 3. The average Bonchev–Trinajstić information content (AvgIpc) is 2.17. The highest BCUT2D eigenvalue weighted by Gasteiger charge is 2.24. The van der Waals surface area contributed by atoms with Crippen molar-refractivity contribution in [2.24, 2.45) is 0 Å². The minimum Gasteiger partial charge on any atom is -0.465 e. The lowest BCUT2D eigenvalue weighted by Gasteiger charge is -2.28. The van der Waals surface area contributed by atoms with Crippen molar-refractivity contribution in [2.75, 3.05) is 13.7 Å². The van der Waals surface area contributed by atoms with Crippen LogP contribution in [0, 0.1) is 0 Å². The SMILES string of the molecule is CNC(=S)[C@@H]1CC[C@@H](NC(=O)O)CO1. The largest absolute Gasteiger partial charge is 0.465 e. The van der Waals surface area contributed by atoms with Crippen molar-refractivity contribution in [3.05, 3.63) is 0 Å². The van der Waals surface area contributed by atoms with Gasteiger partial charge in [-0.25, -0.2) is 4.79 Å². The number of carbonyl (C=O) groups is 1. The summed E-state index contributed by atoms with van der Waals surface area (Å²) in [6.45, 7) is 0.388. The van der Waals surface area contributed by atoms with E-state index >= 15 is 0 Å². The number of amides is 1. The minimum atomic E-state index is -1.01. The van der Waals surface area contributed by atoms with Gasteiger partial charge in [-0.2, -0.15) is 0 Å². The van der Waals surface area contributed by atoms with Gasteiger partial charge < -0.3 is 20.5 Å². The van der Waals surface area contributed by atoms with Crippen molar-refractivity contribution >= 4 is 23.3 Å². The van der Waals surface area contributed by atoms with Gasteiger partial charge in [0.05, 0.1) is 12.6 Å². The molecular weight excluding hydrogens is 204 g/mol. The quantitative estimate of drug-likeness (QED) is 0.583. The number of thiocarbonyl (C=S) groups is 1. The molecule has 0 aromatic heterocycles. The van der Waals surface area contributed by atoms with Crippen molar-refractivity contribution in [2.45, 2.75) is 25.0 Å². The van der Waals surface area contributed by atoms with Crippen LogP contribution in [0.25, 0.3) is 0 Å². The Morgan fingerprint density at radius 3 is 2.71 bits per heavy atom. The third-order valence-electron chi connectivity index (χ3n) is 2.14. The van der Waals surface area contributed by atoms with E-state index in [1.807, 2.05) is 0 Å². The molecule has 0 aliphatic carbocycles. The van der Waals surface area contributed by atoms with Crippen LogP contribution < -0.4 is 10.6 Å². The van der Waals surface area contributed by atoms with Crippen molar-refractivity contribution in [3.63, 3.8) is 0 Å². The molecule has 6 heteroatoms. The molecule has 1 heterocycles. The third kappa shape index (κ3) is 3.12.